The van der Waals surface area contributed by atoms with E-state index in [4.69, 9.17) is 9.31 Å². The largest absolute Gasteiger partial charge is 0.495 e. The van der Waals surface area contributed by atoms with Crippen molar-refractivity contribution in [2.45, 2.75) is 44.8 Å². The number of hydrogen-bond donors (Lipinski definition) is 0. The molecule has 1 aliphatic heterocycles. The topological polar surface area (TPSA) is 21.7 Å². The summed E-state index contributed by atoms with van der Waals surface area (Å²) in [6.07, 6.45) is 0. The summed E-state index contributed by atoms with van der Waals surface area (Å²) in [4.78, 5) is 2.38. The van der Waals surface area contributed by atoms with Crippen molar-refractivity contribution in [1.29, 1.82) is 0 Å². The first-order valence-electron chi connectivity index (χ1n) is 20.6. The minimum Gasteiger partial charge on any atom is -0.399 e. The molecule has 1 fully saturated rings. The molecule has 0 N–H and O–H groups in total. The zero-order chi connectivity index (χ0) is 40.1. The average molecular weight is 764 g/mol. The molecule has 8 aromatic carbocycles. The fraction of sp³-hybridized carbons (Fsp3) is 0.127. The second kappa shape index (κ2) is 14.7. The van der Waals surface area contributed by atoms with Gasteiger partial charge in [-0.3, -0.25) is 0 Å². The van der Waals surface area contributed by atoms with Crippen LogP contribution in [-0.2, 0) is 9.31 Å². The Hall–Kier alpha value is -6.46. The second-order valence-electron chi connectivity index (χ2n) is 16.7. The van der Waals surface area contributed by atoms with Crippen LogP contribution < -0.4 is 10.4 Å². The van der Waals surface area contributed by atoms with E-state index in [0.29, 0.717) is 0 Å². The van der Waals surface area contributed by atoms with Crippen molar-refractivity contribution in [1.82, 2.24) is 0 Å². The molecule has 1 atom stereocenters. The molecule has 8 aromatic rings. The molecule has 2 aliphatic rings. The summed E-state index contributed by atoms with van der Waals surface area (Å²) in [6, 6.07) is 72.5. The van der Waals surface area contributed by atoms with Gasteiger partial charge >= 0.3 is 7.12 Å². The molecule has 286 valence electrons. The highest BCUT2D eigenvalue weighted by Crippen LogP contribution is 2.53. The van der Waals surface area contributed by atoms with Crippen LogP contribution in [0.1, 0.15) is 50.3 Å². The van der Waals surface area contributed by atoms with Crippen LogP contribution in [0.25, 0.3) is 44.5 Å². The van der Waals surface area contributed by atoms with E-state index in [1.54, 1.807) is 0 Å². The van der Waals surface area contributed by atoms with E-state index in [2.05, 4.69) is 233 Å². The van der Waals surface area contributed by atoms with Crippen molar-refractivity contribution in [3.8, 4) is 44.5 Å². The summed E-state index contributed by atoms with van der Waals surface area (Å²) in [5, 5.41) is 0. The standard InChI is InChI=1S/C55H46BNO2/c1-54(2)55(3,4)59-56(58-54)51-26-15-14-23-46(51)41-29-33-44(34-30-41)57(43-31-27-39(28-32-43)38-17-8-5-9-18-38)45-35-36-49-50(37-45)48-25-16-24-47(40-19-10-6-11-20-40)53(48)52(49)42-21-12-7-13-22-42/h5-37,52H,1-4H3. The van der Waals surface area contributed by atoms with Gasteiger partial charge < -0.3 is 14.2 Å². The number of fused-ring (bicyclic) bond motifs is 3. The van der Waals surface area contributed by atoms with Gasteiger partial charge in [0.2, 0.25) is 0 Å². The molecule has 1 heterocycles. The van der Waals surface area contributed by atoms with E-state index in [9.17, 15) is 0 Å². The van der Waals surface area contributed by atoms with E-state index in [0.717, 1.165) is 33.7 Å². The molecule has 10 rings (SSSR count). The number of rotatable bonds is 8. The van der Waals surface area contributed by atoms with Crippen LogP contribution in [-0.4, -0.2) is 18.3 Å². The summed E-state index contributed by atoms with van der Waals surface area (Å²) in [6.45, 7) is 8.42. The van der Waals surface area contributed by atoms with Gasteiger partial charge in [-0.05, 0) is 131 Å². The van der Waals surface area contributed by atoms with Crippen LogP contribution in [0.5, 0.6) is 0 Å². The maximum absolute atomic E-state index is 6.53. The fourth-order valence-electron chi connectivity index (χ4n) is 8.90. The van der Waals surface area contributed by atoms with Crippen LogP contribution in [0.4, 0.5) is 17.1 Å². The highest BCUT2D eigenvalue weighted by atomic mass is 16.7. The van der Waals surface area contributed by atoms with Gasteiger partial charge in [-0.15, -0.1) is 0 Å². The Bertz CT molecular complexity index is 2750. The molecule has 1 unspecified atom stereocenters. The van der Waals surface area contributed by atoms with Gasteiger partial charge in [0.25, 0.3) is 0 Å². The summed E-state index contributed by atoms with van der Waals surface area (Å²) in [5.41, 5.74) is 17.1. The van der Waals surface area contributed by atoms with E-state index in [-0.39, 0.29) is 5.92 Å². The Morgan fingerprint density at radius 3 is 1.53 bits per heavy atom. The molecule has 4 heteroatoms. The van der Waals surface area contributed by atoms with Gasteiger partial charge in [0.1, 0.15) is 0 Å². The molecule has 0 amide bonds. The lowest BCUT2D eigenvalue weighted by atomic mass is 9.74. The Labute approximate surface area is 348 Å². The second-order valence-corrected chi connectivity index (χ2v) is 16.7. The summed E-state index contributed by atoms with van der Waals surface area (Å²) < 4.78 is 13.1. The molecule has 1 saturated heterocycles. The lowest BCUT2D eigenvalue weighted by molar-refractivity contribution is 0.00578. The van der Waals surface area contributed by atoms with E-state index in [1.165, 1.54) is 50.1 Å². The predicted octanol–water partition coefficient (Wildman–Crippen LogP) is 13.6. The first-order valence-corrected chi connectivity index (χ1v) is 20.6. The quantitative estimate of drug-likeness (QED) is 0.144. The van der Waals surface area contributed by atoms with Crippen molar-refractivity contribution in [2.24, 2.45) is 0 Å². The normalized spacial score (nSPS) is 16.1. The van der Waals surface area contributed by atoms with Gasteiger partial charge in [0.15, 0.2) is 0 Å². The molecule has 59 heavy (non-hydrogen) atoms. The van der Waals surface area contributed by atoms with Crippen molar-refractivity contribution >= 4 is 29.6 Å². The van der Waals surface area contributed by atoms with Gasteiger partial charge in [0.05, 0.1) is 11.2 Å². The molecule has 0 aromatic heterocycles. The molecule has 0 radical (unpaired) electrons. The lowest BCUT2D eigenvalue weighted by Gasteiger charge is -2.32. The number of hydrogen-bond acceptors (Lipinski definition) is 3. The third-order valence-corrected chi connectivity index (χ3v) is 12.6. The molecule has 1 aliphatic carbocycles. The average Bonchev–Trinajstić information content (AvgIpc) is 3.73. The maximum atomic E-state index is 6.53. The summed E-state index contributed by atoms with van der Waals surface area (Å²) in [7, 11) is -0.452. The molecule has 0 saturated carbocycles. The zero-order valence-corrected chi connectivity index (χ0v) is 34.0. The predicted molar refractivity (Wildman–Crippen MR) is 246 cm³/mol. The Morgan fingerprint density at radius 1 is 0.407 bits per heavy atom. The Balaban J connectivity index is 1.09. The van der Waals surface area contributed by atoms with Crippen molar-refractivity contribution in [3.63, 3.8) is 0 Å². The lowest BCUT2D eigenvalue weighted by Crippen LogP contribution is -2.41. The van der Waals surface area contributed by atoms with Crippen molar-refractivity contribution < 1.29 is 9.31 Å². The van der Waals surface area contributed by atoms with E-state index < -0.39 is 18.3 Å². The zero-order valence-electron chi connectivity index (χ0n) is 34.0. The van der Waals surface area contributed by atoms with Crippen molar-refractivity contribution in [3.05, 3.63) is 217 Å². The molecule has 3 nitrogen and oxygen atoms in total. The van der Waals surface area contributed by atoms with Crippen LogP contribution in [0.15, 0.2) is 200 Å². The minimum absolute atomic E-state index is 0.119. The van der Waals surface area contributed by atoms with Crippen LogP contribution in [0.2, 0.25) is 0 Å². The van der Waals surface area contributed by atoms with Crippen LogP contribution in [0.3, 0.4) is 0 Å². The highest BCUT2D eigenvalue weighted by molar-refractivity contribution is 6.63. The first-order chi connectivity index (χ1) is 28.8. The van der Waals surface area contributed by atoms with Crippen LogP contribution in [0, 0.1) is 0 Å². The molecular formula is C55H46BNO2. The molecular weight excluding hydrogens is 717 g/mol. The van der Waals surface area contributed by atoms with Gasteiger partial charge in [-0.2, -0.15) is 0 Å². The Morgan fingerprint density at radius 2 is 0.881 bits per heavy atom. The van der Waals surface area contributed by atoms with Crippen molar-refractivity contribution in [2.75, 3.05) is 4.90 Å². The molecule has 0 spiro atoms. The Kier molecular flexibility index (Phi) is 9.20. The monoisotopic (exact) mass is 763 g/mol. The third kappa shape index (κ3) is 6.59. The SMILES string of the molecule is CC1(C)OB(c2ccccc2-c2ccc(N(c3ccc(-c4ccccc4)cc3)c3ccc4c(c3)-c3cccc(-c5ccccc5)c3C4c3ccccc3)cc2)OC1(C)C. The van der Waals surface area contributed by atoms with E-state index in [1.807, 2.05) is 0 Å². The number of nitrogens with zero attached hydrogens (tertiary/aromatic N) is 1. The number of benzene rings is 8. The summed E-state index contributed by atoms with van der Waals surface area (Å²) >= 11 is 0. The number of anilines is 3. The van der Waals surface area contributed by atoms with Gasteiger partial charge in [-0.1, -0.05) is 164 Å². The van der Waals surface area contributed by atoms with Gasteiger partial charge in [-0.25, -0.2) is 0 Å². The minimum atomic E-state index is -0.452. The fourth-order valence-corrected chi connectivity index (χ4v) is 8.90. The summed E-state index contributed by atoms with van der Waals surface area (Å²) in [5.74, 6) is 0.119. The first kappa shape index (κ1) is 36.9. The van der Waals surface area contributed by atoms with Gasteiger partial charge in [0, 0.05) is 23.0 Å². The molecule has 0 bridgehead atoms. The third-order valence-electron chi connectivity index (χ3n) is 12.6. The smallest absolute Gasteiger partial charge is 0.399 e. The van der Waals surface area contributed by atoms with Crippen LogP contribution >= 0.6 is 0 Å². The van der Waals surface area contributed by atoms with E-state index >= 15 is 0 Å². The highest BCUT2D eigenvalue weighted by Gasteiger charge is 2.52. The maximum Gasteiger partial charge on any atom is 0.495 e.